The molecule has 6 nitrogen and oxygen atoms in total. The fourth-order valence-corrected chi connectivity index (χ4v) is 3.46. The number of carbonyl (C=O) groups is 2. The van der Waals surface area contributed by atoms with E-state index < -0.39 is 12.6 Å². The van der Waals surface area contributed by atoms with Crippen LogP contribution in [0.2, 0.25) is 0 Å². The van der Waals surface area contributed by atoms with E-state index in [9.17, 15) is 14.0 Å². The largest absolute Gasteiger partial charge is 0.365 e. The van der Waals surface area contributed by atoms with Crippen molar-refractivity contribution in [3.63, 3.8) is 0 Å². The molecule has 1 fully saturated rings. The van der Waals surface area contributed by atoms with Crippen LogP contribution in [-0.4, -0.2) is 47.9 Å². The Morgan fingerprint density at radius 1 is 1.21 bits per heavy atom. The summed E-state index contributed by atoms with van der Waals surface area (Å²) in [6, 6.07) is 6.75. The number of thiazole rings is 1. The van der Waals surface area contributed by atoms with Crippen LogP contribution in [0.25, 0.3) is 0 Å². The molecule has 0 spiro atoms. The van der Waals surface area contributed by atoms with Gasteiger partial charge in [-0.2, -0.15) is 0 Å². The fourth-order valence-electron chi connectivity index (χ4n) is 2.64. The zero-order chi connectivity index (χ0) is 17.1. The Morgan fingerprint density at radius 3 is 2.54 bits per heavy atom. The normalized spacial score (nSPS) is 14.7. The van der Waals surface area contributed by atoms with Gasteiger partial charge in [-0.3, -0.25) is 9.59 Å². The predicted molar refractivity (Wildman–Crippen MR) is 90.0 cm³/mol. The van der Waals surface area contributed by atoms with Crippen LogP contribution in [0.3, 0.4) is 0 Å². The number of benzene rings is 1. The molecule has 1 saturated heterocycles. The summed E-state index contributed by atoms with van der Waals surface area (Å²) in [5, 5.41) is 0.722. The van der Waals surface area contributed by atoms with Crippen molar-refractivity contribution >= 4 is 28.3 Å². The summed E-state index contributed by atoms with van der Waals surface area (Å²) >= 11 is 1.25. The van der Waals surface area contributed by atoms with Crippen LogP contribution in [0.15, 0.2) is 30.5 Å². The van der Waals surface area contributed by atoms with Gasteiger partial charge in [-0.15, -0.1) is 0 Å². The molecule has 2 N–H and O–H groups in total. The molecule has 24 heavy (non-hydrogen) atoms. The first-order valence-corrected chi connectivity index (χ1v) is 8.35. The van der Waals surface area contributed by atoms with Crippen molar-refractivity contribution in [1.82, 2.24) is 9.88 Å². The van der Waals surface area contributed by atoms with Crippen LogP contribution in [0.1, 0.15) is 25.6 Å². The molecule has 0 radical (unpaired) electrons. The molecule has 2 aromatic rings. The van der Waals surface area contributed by atoms with Gasteiger partial charge in [0.2, 0.25) is 0 Å². The molecule has 1 aliphatic heterocycles. The third-order valence-electron chi connectivity index (χ3n) is 3.97. The van der Waals surface area contributed by atoms with Gasteiger partial charge in [0, 0.05) is 31.7 Å². The number of rotatable bonds is 4. The van der Waals surface area contributed by atoms with Gasteiger partial charge in [0.05, 0.1) is 6.20 Å². The van der Waals surface area contributed by atoms with E-state index in [0.29, 0.717) is 42.2 Å². The highest BCUT2D eigenvalue weighted by atomic mass is 32.1. The Morgan fingerprint density at radius 2 is 1.92 bits per heavy atom. The summed E-state index contributed by atoms with van der Waals surface area (Å²) in [5.74, 6) is -0.643. The van der Waals surface area contributed by atoms with Crippen molar-refractivity contribution in [3.8, 4) is 0 Å². The molecule has 8 heteroatoms. The summed E-state index contributed by atoms with van der Waals surface area (Å²) < 4.78 is 13.0. The van der Waals surface area contributed by atoms with Crippen molar-refractivity contribution in [3.05, 3.63) is 46.5 Å². The number of carbonyl (C=O) groups excluding carboxylic acids is 2. The zero-order valence-corrected chi connectivity index (χ0v) is 13.8. The highest BCUT2D eigenvalue weighted by Gasteiger charge is 2.25. The maximum atomic E-state index is 13.0. The molecule has 1 aromatic heterocycles. The second-order valence-electron chi connectivity index (χ2n) is 5.44. The molecule has 2 heterocycles. The van der Waals surface area contributed by atoms with Gasteiger partial charge in [0.25, 0.3) is 11.8 Å². The number of amides is 2. The number of halogens is 1. The van der Waals surface area contributed by atoms with Gasteiger partial charge in [0.15, 0.2) is 5.13 Å². The number of primary amides is 1. The van der Waals surface area contributed by atoms with Gasteiger partial charge < -0.3 is 15.5 Å². The Balaban J connectivity index is 1.66. The zero-order valence-electron chi connectivity index (χ0n) is 12.9. The minimum Gasteiger partial charge on any atom is -0.365 e. The molecule has 0 unspecified atom stereocenters. The average molecular weight is 348 g/mol. The Hall–Kier alpha value is -2.48. The molecule has 1 aromatic carbocycles. The quantitative estimate of drug-likeness (QED) is 0.912. The van der Waals surface area contributed by atoms with Gasteiger partial charge in [0.1, 0.15) is 11.6 Å². The number of piperazine rings is 1. The average Bonchev–Trinajstić information content (AvgIpc) is 3.11. The van der Waals surface area contributed by atoms with Crippen LogP contribution < -0.4 is 10.6 Å². The standard InChI is InChI=1S/C16H17FN4O2S/c17-9-11-3-1-2-4-12(11)15(23)20-5-7-21(8-6-20)16-19-10-13(24-16)14(18)22/h1-4,10H,5-9H2,(H2,18,22). The van der Waals surface area contributed by atoms with Crippen LogP contribution in [0, 0.1) is 0 Å². The highest BCUT2D eigenvalue weighted by molar-refractivity contribution is 7.17. The fraction of sp³-hybridized carbons (Fsp3) is 0.312. The van der Waals surface area contributed by atoms with Crippen molar-refractivity contribution in [2.24, 2.45) is 5.73 Å². The molecule has 2 amide bonds. The van der Waals surface area contributed by atoms with E-state index in [1.807, 2.05) is 4.90 Å². The molecular weight excluding hydrogens is 331 g/mol. The minimum atomic E-state index is -0.656. The van der Waals surface area contributed by atoms with Crippen molar-refractivity contribution < 1.29 is 14.0 Å². The van der Waals surface area contributed by atoms with Crippen LogP contribution >= 0.6 is 11.3 Å². The van der Waals surface area contributed by atoms with Crippen molar-refractivity contribution in [2.75, 3.05) is 31.1 Å². The monoisotopic (exact) mass is 348 g/mol. The number of nitrogens with zero attached hydrogens (tertiary/aromatic N) is 3. The molecule has 3 rings (SSSR count). The van der Waals surface area contributed by atoms with E-state index in [1.54, 1.807) is 29.2 Å². The molecule has 1 aliphatic rings. The van der Waals surface area contributed by atoms with Crippen LogP contribution in [0.4, 0.5) is 9.52 Å². The third-order valence-corrected chi connectivity index (χ3v) is 5.04. The van der Waals surface area contributed by atoms with Crippen LogP contribution in [0.5, 0.6) is 0 Å². The lowest BCUT2D eigenvalue weighted by molar-refractivity contribution is 0.0744. The van der Waals surface area contributed by atoms with E-state index in [4.69, 9.17) is 5.73 Å². The van der Waals surface area contributed by atoms with E-state index >= 15 is 0 Å². The lowest BCUT2D eigenvalue weighted by atomic mass is 10.1. The summed E-state index contributed by atoms with van der Waals surface area (Å²) in [6.07, 6.45) is 1.47. The van der Waals surface area contributed by atoms with E-state index in [1.165, 1.54) is 17.5 Å². The van der Waals surface area contributed by atoms with Crippen molar-refractivity contribution in [1.29, 1.82) is 0 Å². The summed E-state index contributed by atoms with van der Waals surface area (Å²) in [5.41, 5.74) is 6.07. The minimum absolute atomic E-state index is 0.153. The second-order valence-corrected chi connectivity index (χ2v) is 6.45. The number of anilines is 1. The van der Waals surface area contributed by atoms with E-state index in [2.05, 4.69) is 4.98 Å². The number of hydrogen-bond acceptors (Lipinski definition) is 5. The number of aromatic nitrogens is 1. The highest BCUT2D eigenvalue weighted by Crippen LogP contribution is 2.24. The summed E-state index contributed by atoms with van der Waals surface area (Å²) in [6.45, 7) is 1.59. The number of hydrogen-bond donors (Lipinski definition) is 1. The summed E-state index contributed by atoms with van der Waals surface area (Å²) in [4.78, 5) is 32.1. The molecule has 0 aliphatic carbocycles. The molecule has 0 bridgehead atoms. The maximum Gasteiger partial charge on any atom is 0.260 e. The first-order valence-electron chi connectivity index (χ1n) is 7.54. The number of nitrogens with two attached hydrogens (primary N) is 1. The van der Waals surface area contributed by atoms with Gasteiger partial charge in [-0.25, -0.2) is 9.37 Å². The van der Waals surface area contributed by atoms with Gasteiger partial charge >= 0.3 is 0 Å². The number of alkyl halides is 1. The van der Waals surface area contributed by atoms with E-state index in [0.717, 1.165) is 5.13 Å². The van der Waals surface area contributed by atoms with E-state index in [-0.39, 0.29) is 5.91 Å². The Bertz CT molecular complexity index is 756. The molecular formula is C16H17FN4O2S. The van der Waals surface area contributed by atoms with Gasteiger partial charge in [-0.1, -0.05) is 29.5 Å². The Kier molecular flexibility index (Phi) is 4.75. The van der Waals surface area contributed by atoms with Crippen LogP contribution in [-0.2, 0) is 6.67 Å². The molecule has 0 atom stereocenters. The predicted octanol–water partition coefficient (Wildman–Crippen LogP) is 1.67. The first kappa shape index (κ1) is 16.4. The molecule has 0 saturated carbocycles. The van der Waals surface area contributed by atoms with Gasteiger partial charge in [-0.05, 0) is 11.6 Å². The maximum absolute atomic E-state index is 13.0. The Labute approximate surface area is 142 Å². The van der Waals surface area contributed by atoms with Crippen molar-refractivity contribution in [2.45, 2.75) is 6.67 Å². The third kappa shape index (κ3) is 3.23. The SMILES string of the molecule is NC(=O)c1cnc(N2CCN(C(=O)c3ccccc3CF)CC2)s1. The second kappa shape index (κ2) is 6.96. The lowest BCUT2D eigenvalue weighted by Crippen LogP contribution is -2.49. The summed E-state index contributed by atoms with van der Waals surface area (Å²) in [7, 11) is 0. The molecule has 126 valence electrons. The lowest BCUT2D eigenvalue weighted by Gasteiger charge is -2.34. The smallest absolute Gasteiger partial charge is 0.260 e. The first-order chi connectivity index (χ1) is 11.6. The topological polar surface area (TPSA) is 79.5 Å².